The second kappa shape index (κ2) is 6.43. The minimum atomic E-state index is -4.45. The lowest BCUT2D eigenvalue weighted by molar-refractivity contribution is -0.138. The first-order valence-electron chi connectivity index (χ1n) is 7.75. The fourth-order valence-corrected chi connectivity index (χ4v) is 2.99. The van der Waals surface area contributed by atoms with E-state index in [-0.39, 0.29) is 5.56 Å². The van der Waals surface area contributed by atoms with Crippen LogP contribution < -0.4 is 10.9 Å². The fraction of sp³-hybridized carbons (Fsp3) is 0.500. The van der Waals surface area contributed by atoms with Crippen molar-refractivity contribution in [2.24, 2.45) is 5.92 Å². The molecular weight excluding hydrogens is 325 g/mol. The van der Waals surface area contributed by atoms with Crippen molar-refractivity contribution in [1.82, 2.24) is 10.9 Å². The number of carbonyl (C=O) groups excluding carboxylic acids is 2. The molecule has 1 aliphatic heterocycles. The second-order valence-electron chi connectivity index (χ2n) is 6.01. The average molecular weight is 342 g/mol. The number of carbonyl (C=O) groups is 2. The highest BCUT2D eigenvalue weighted by molar-refractivity contribution is 5.87. The second-order valence-corrected chi connectivity index (χ2v) is 6.01. The Kier molecular flexibility index (Phi) is 4.49. The number of halogens is 3. The van der Waals surface area contributed by atoms with Crippen molar-refractivity contribution < 1.29 is 27.5 Å². The number of hydrogen-bond acceptors (Lipinski definition) is 3. The molecule has 3 atom stereocenters. The Morgan fingerprint density at radius 2 is 1.83 bits per heavy atom. The summed E-state index contributed by atoms with van der Waals surface area (Å²) < 4.78 is 44.2. The maximum atomic E-state index is 13.0. The molecule has 0 aromatic heterocycles. The lowest BCUT2D eigenvalue weighted by atomic mass is 10.0. The van der Waals surface area contributed by atoms with Gasteiger partial charge in [-0.05, 0) is 36.8 Å². The van der Waals surface area contributed by atoms with Crippen LogP contribution in [0.5, 0.6) is 0 Å². The van der Waals surface area contributed by atoms with Crippen LogP contribution in [0.15, 0.2) is 24.3 Å². The van der Waals surface area contributed by atoms with Crippen LogP contribution in [-0.4, -0.2) is 24.5 Å². The Balaban J connectivity index is 1.57. The molecule has 1 heterocycles. The van der Waals surface area contributed by atoms with Gasteiger partial charge in [-0.3, -0.25) is 20.4 Å². The summed E-state index contributed by atoms with van der Waals surface area (Å²) >= 11 is 0. The Hall–Kier alpha value is -2.09. The number of amides is 2. The molecule has 2 aliphatic rings. The van der Waals surface area contributed by atoms with E-state index in [1.54, 1.807) is 0 Å². The van der Waals surface area contributed by atoms with Crippen LogP contribution >= 0.6 is 0 Å². The summed E-state index contributed by atoms with van der Waals surface area (Å²) in [7, 11) is 0. The topological polar surface area (TPSA) is 67.4 Å². The minimum absolute atomic E-state index is 0.121. The van der Waals surface area contributed by atoms with Gasteiger partial charge in [-0.2, -0.15) is 13.2 Å². The zero-order valence-corrected chi connectivity index (χ0v) is 12.7. The fourth-order valence-electron chi connectivity index (χ4n) is 2.99. The number of rotatable bonds is 3. The van der Waals surface area contributed by atoms with Gasteiger partial charge in [-0.25, -0.2) is 0 Å². The van der Waals surface area contributed by atoms with Gasteiger partial charge in [0.1, 0.15) is 6.10 Å². The largest absolute Gasteiger partial charge is 0.416 e. The Morgan fingerprint density at radius 3 is 2.50 bits per heavy atom. The molecule has 1 saturated heterocycles. The molecule has 1 aromatic rings. The first kappa shape index (κ1) is 16.8. The SMILES string of the molecule is O=C(NNC(=O)[C@@H]1C[C@@H]1c1ccccc1C(F)(F)F)[C@H]1CCCO1. The molecule has 1 saturated carbocycles. The summed E-state index contributed by atoms with van der Waals surface area (Å²) in [5.74, 6) is -1.97. The van der Waals surface area contributed by atoms with Crippen LogP contribution in [0, 0.1) is 5.92 Å². The lowest BCUT2D eigenvalue weighted by Gasteiger charge is -2.13. The quantitative estimate of drug-likeness (QED) is 0.827. The maximum absolute atomic E-state index is 13.0. The van der Waals surface area contributed by atoms with Crippen molar-refractivity contribution in [2.45, 2.75) is 37.5 Å². The molecule has 8 heteroatoms. The zero-order chi connectivity index (χ0) is 17.3. The molecule has 5 nitrogen and oxygen atoms in total. The normalized spacial score (nSPS) is 26.0. The van der Waals surface area contributed by atoms with E-state index in [4.69, 9.17) is 4.74 Å². The maximum Gasteiger partial charge on any atom is 0.416 e. The molecule has 130 valence electrons. The highest BCUT2D eigenvalue weighted by Crippen LogP contribution is 2.50. The van der Waals surface area contributed by atoms with Crippen molar-refractivity contribution in [2.75, 3.05) is 6.61 Å². The van der Waals surface area contributed by atoms with E-state index in [0.717, 1.165) is 12.5 Å². The van der Waals surface area contributed by atoms with Gasteiger partial charge in [-0.1, -0.05) is 18.2 Å². The van der Waals surface area contributed by atoms with E-state index in [0.29, 0.717) is 19.4 Å². The van der Waals surface area contributed by atoms with Gasteiger partial charge in [-0.15, -0.1) is 0 Å². The number of benzene rings is 1. The molecule has 2 fully saturated rings. The van der Waals surface area contributed by atoms with Gasteiger partial charge in [0.05, 0.1) is 5.56 Å². The molecular formula is C16H17F3N2O3. The van der Waals surface area contributed by atoms with Gasteiger partial charge in [0.25, 0.3) is 5.91 Å². The third-order valence-corrected chi connectivity index (χ3v) is 4.32. The number of hydrogen-bond donors (Lipinski definition) is 2. The van der Waals surface area contributed by atoms with Crippen molar-refractivity contribution in [3.63, 3.8) is 0 Å². The standard InChI is InChI=1S/C16H17F3N2O3/c17-16(18,19)12-5-2-1-4-9(12)10-8-11(10)14(22)20-21-15(23)13-6-3-7-24-13/h1-2,4-5,10-11,13H,3,6-8H2,(H,20,22)(H,21,23)/t10-,11-,13-/m1/s1. The molecule has 2 amide bonds. The summed E-state index contributed by atoms with van der Waals surface area (Å²) in [4.78, 5) is 23.8. The Bertz CT molecular complexity index is 642. The van der Waals surface area contributed by atoms with E-state index >= 15 is 0 Å². The summed E-state index contributed by atoms with van der Waals surface area (Å²) in [6, 6.07) is 5.26. The number of alkyl halides is 3. The van der Waals surface area contributed by atoms with Gasteiger partial charge < -0.3 is 4.74 Å². The van der Waals surface area contributed by atoms with Crippen LogP contribution in [0.25, 0.3) is 0 Å². The van der Waals surface area contributed by atoms with Crippen molar-refractivity contribution in [1.29, 1.82) is 0 Å². The van der Waals surface area contributed by atoms with E-state index in [1.807, 2.05) is 0 Å². The third-order valence-electron chi connectivity index (χ3n) is 4.32. The molecule has 0 unspecified atom stereocenters. The smallest absolute Gasteiger partial charge is 0.368 e. The van der Waals surface area contributed by atoms with E-state index in [1.165, 1.54) is 18.2 Å². The van der Waals surface area contributed by atoms with Crippen LogP contribution in [0.4, 0.5) is 13.2 Å². The van der Waals surface area contributed by atoms with E-state index in [2.05, 4.69) is 10.9 Å². The minimum Gasteiger partial charge on any atom is -0.368 e. The van der Waals surface area contributed by atoms with Crippen LogP contribution in [0.2, 0.25) is 0 Å². The predicted molar refractivity (Wildman–Crippen MR) is 77.6 cm³/mol. The van der Waals surface area contributed by atoms with Crippen molar-refractivity contribution in [3.05, 3.63) is 35.4 Å². The van der Waals surface area contributed by atoms with Crippen LogP contribution in [0.1, 0.15) is 36.3 Å². The van der Waals surface area contributed by atoms with E-state index < -0.39 is 41.5 Å². The number of nitrogens with one attached hydrogen (secondary N) is 2. The van der Waals surface area contributed by atoms with Gasteiger partial charge in [0.15, 0.2) is 0 Å². The van der Waals surface area contributed by atoms with E-state index in [9.17, 15) is 22.8 Å². The Morgan fingerprint density at radius 1 is 1.12 bits per heavy atom. The highest BCUT2D eigenvalue weighted by Gasteiger charge is 2.48. The molecule has 1 aromatic carbocycles. The number of hydrazine groups is 1. The monoisotopic (exact) mass is 342 g/mol. The van der Waals surface area contributed by atoms with Crippen LogP contribution in [0.3, 0.4) is 0 Å². The van der Waals surface area contributed by atoms with Crippen LogP contribution in [-0.2, 0) is 20.5 Å². The van der Waals surface area contributed by atoms with Crippen molar-refractivity contribution in [3.8, 4) is 0 Å². The highest BCUT2D eigenvalue weighted by atomic mass is 19.4. The molecule has 1 aliphatic carbocycles. The van der Waals surface area contributed by atoms with Gasteiger partial charge in [0.2, 0.25) is 5.91 Å². The lowest BCUT2D eigenvalue weighted by Crippen LogP contribution is -2.47. The summed E-state index contributed by atoms with van der Waals surface area (Å²) in [6.45, 7) is 0.505. The molecule has 2 N–H and O–H groups in total. The summed E-state index contributed by atoms with van der Waals surface area (Å²) in [5.41, 5.74) is 3.96. The summed E-state index contributed by atoms with van der Waals surface area (Å²) in [6.07, 6.45) is -3.33. The average Bonchev–Trinajstić information content (AvgIpc) is 3.16. The molecule has 3 rings (SSSR count). The first-order valence-corrected chi connectivity index (χ1v) is 7.75. The molecule has 0 bridgehead atoms. The third kappa shape index (κ3) is 3.53. The Labute approximate surface area is 136 Å². The molecule has 0 radical (unpaired) electrons. The predicted octanol–water partition coefficient (Wildman–Crippen LogP) is 2.14. The molecule has 0 spiro atoms. The van der Waals surface area contributed by atoms with Gasteiger partial charge >= 0.3 is 6.18 Å². The first-order chi connectivity index (χ1) is 11.4. The number of ether oxygens (including phenoxy) is 1. The zero-order valence-electron chi connectivity index (χ0n) is 12.7. The molecule has 24 heavy (non-hydrogen) atoms. The van der Waals surface area contributed by atoms with Gasteiger partial charge in [0, 0.05) is 12.5 Å². The van der Waals surface area contributed by atoms with Crippen molar-refractivity contribution >= 4 is 11.8 Å². The summed E-state index contributed by atoms with van der Waals surface area (Å²) in [5, 5.41) is 0.